The van der Waals surface area contributed by atoms with Crippen molar-refractivity contribution in [1.29, 1.82) is 0 Å². The zero-order valence-electron chi connectivity index (χ0n) is 12.9. The molecule has 1 fully saturated rings. The minimum Gasteiger partial charge on any atom is -0.346 e. The number of nitrogens with zero attached hydrogens (tertiary/aromatic N) is 4. The average molecular weight is 297 g/mol. The lowest BCUT2D eigenvalue weighted by Gasteiger charge is -2.35. The number of likely N-dealkylation sites (N-methyl/N-ethyl adjacent to an activating group) is 1. The van der Waals surface area contributed by atoms with Crippen molar-refractivity contribution in [3.05, 3.63) is 10.6 Å². The summed E-state index contributed by atoms with van der Waals surface area (Å²) in [5.74, 6) is 0. The van der Waals surface area contributed by atoms with Crippen LogP contribution < -0.4 is 10.6 Å². The van der Waals surface area contributed by atoms with Crippen LogP contribution in [0.1, 0.15) is 17.5 Å². The molecular formula is C14H27N5S. The Kier molecular flexibility index (Phi) is 5.77. The van der Waals surface area contributed by atoms with Gasteiger partial charge in [0.1, 0.15) is 0 Å². The van der Waals surface area contributed by atoms with Crippen molar-refractivity contribution in [2.75, 3.05) is 58.3 Å². The quantitative estimate of drug-likeness (QED) is 0.843. The zero-order chi connectivity index (χ0) is 14.5. The van der Waals surface area contributed by atoms with Crippen LogP contribution in [0.15, 0.2) is 0 Å². The third-order valence-electron chi connectivity index (χ3n) is 3.79. The molecule has 0 spiro atoms. The van der Waals surface area contributed by atoms with Crippen LogP contribution in [0.25, 0.3) is 0 Å². The van der Waals surface area contributed by atoms with E-state index in [4.69, 9.17) is 10.7 Å². The first-order chi connectivity index (χ1) is 9.63. The summed E-state index contributed by atoms with van der Waals surface area (Å²) >= 11 is 1.77. The molecule has 0 amide bonds. The van der Waals surface area contributed by atoms with E-state index in [0.29, 0.717) is 6.54 Å². The molecule has 0 unspecified atom stereocenters. The maximum Gasteiger partial charge on any atom is 0.185 e. The monoisotopic (exact) mass is 297 g/mol. The van der Waals surface area contributed by atoms with Crippen LogP contribution in [0.5, 0.6) is 0 Å². The average Bonchev–Trinajstić information content (AvgIpc) is 2.89. The Bertz CT molecular complexity index is 388. The van der Waals surface area contributed by atoms with Gasteiger partial charge in [0.25, 0.3) is 0 Å². The first kappa shape index (κ1) is 15.7. The van der Waals surface area contributed by atoms with E-state index in [-0.39, 0.29) is 0 Å². The summed E-state index contributed by atoms with van der Waals surface area (Å²) in [5, 5.41) is 1.16. The predicted molar refractivity (Wildman–Crippen MR) is 86.6 cm³/mol. The lowest BCUT2D eigenvalue weighted by Crippen LogP contribution is -2.48. The van der Waals surface area contributed by atoms with Crippen molar-refractivity contribution in [3.63, 3.8) is 0 Å². The van der Waals surface area contributed by atoms with Crippen LogP contribution in [-0.2, 0) is 13.0 Å². The Morgan fingerprint density at radius 1 is 1.25 bits per heavy atom. The van der Waals surface area contributed by atoms with E-state index in [9.17, 15) is 0 Å². The molecule has 2 heterocycles. The molecule has 1 aliphatic heterocycles. The fraction of sp³-hybridized carbons (Fsp3) is 0.786. The molecule has 2 N–H and O–H groups in total. The topological polar surface area (TPSA) is 48.6 Å². The number of nitrogens with two attached hydrogens (primary N) is 1. The van der Waals surface area contributed by atoms with Gasteiger partial charge in [0.05, 0.1) is 5.69 Å². The summed E-state index contributed by atoms with van der Waals surface area (Å²) in [4.78, 5) is 13.2. The molecule has 1 aliphatic rings. The van der Waals surface area contributed by atoms with Gasteiger partial charge in [0.15, 0.2) is 5.13 Å². The number of aromatic nitrogens is 1. The van der Waals surface area contributed by atoms with Crippen LogP contribution in [0.3, 0.4) is 0 Å². The van der Waals surface area contributed by atoms with Gasteiger partial charge < -0.3 is 15.5 Å². The minimum absolute atomic E-state index is 0.615. The largest absolute Gasteiger partial charge is 0.346 e. The molecule has 0 aliphatic carbocycles. The second-order valence-electron chi connectivity index (χ2n) is 5.56. The van der Waals surface area contributed by atoms with Gasteiger partial charge in [-0.1, -0.05) is 6.92 Å². The summed E-state index contributed by atoms with van der Waals surface area (Å²) in [6.07, 6.45) is 0.978. The number of aryl methyl sites for hydroxylation is 1. The van der Waals surface area contributed by atoms with E-state index >= 15 is 0 Å². The van der Waals surface area contributed by atoms with Crippen LogP contribution in [0.4, 0.5) is 5.13 Å². The highest BCUT2D eigenvalue weighted by Crippen LogP contribution is 2.27. The third-order valence-corrected chi connectivity index (χ3v) is 4.97. The number of anilines is 1. The second-order valence-corrected chi connectivity index (χ2v) is 6.62. The predicted octanol–water partition coefficient (Wildman–Crippen LogP) is 0.848. The normalized spacial score (nSPS) is 17.1. The summed E-state index contributed by atoms with van der Waals surface area (Å²) in [7, 11) is 4.26. The lowest BCUT2D eigenvalue weighted by molar-refractivity contribution is 0.229. The molecular weight excluding hydrogens is 270 g/mol. The van der Waals surface area contributed by atoms with Crippen molar-refractivity contribution in [1.82, 2.24) is 14.8 Å². The molecule has 6 heteroatoms. The van der Waals surface area contributed by atoms with Crippen molar-refractivity contribution in [2.45, 2.75) is 19.9 Å². The number of hydrogen-bond donors (Lipinski definition) is 1. The van der Waals surface area contributed by atoms with Gasteiger partial charge in [-0.05, 0) is 20.5 Å². The highest BCUT2D eigenvalue weighted by atomic mass is 32.1. The maximum atomic E-state index is 5.80. The van der Waals surface area contributed by atoms with Crippen LogP contribution in [-0.4, -0.2) is 68.1 Å². The number of rotatable bonds is 6. The number of piperazine rings is 1. The van der Waals surface area contributed by atoms with E-state index in [1.807, 2.05) is 0 Å². The SMILES string of the molecule is CCc1nc(N2CCN(CCN(C)C)CC2)sc1CN. The summed E-state index contributed by atoms with van der Waals surface area (Å²) in [6.45, 7) is 9.48. The van der Waals surface area contributed by atoms with E-state index < -0.39 is 0 Å². The van der Waals surface area contributed by atoms with Gasteiger partial charge in [-0.15, -0.1) is 11.3 Å². The van der Waals surface area contributed by atoms with Gasteiger partial charge in [-0.25, -0.2) is 4.98 Å². The van der Waals surface area contributed by atoms with Gasteiger partial charge in [0.2, 0.25) is 0 Å². The van der Waals surface area contributed by atoms with Gasteiger partial charge >= 0.3 is 0 Å². The Labute approximate surface area is 126 Å². The van der Waals surface area contributed by atoms with Gasteiger partial charge in [0, 0.05) is 50.7 Å². The van der Waals surface area contributed by atoms with E-state index in [1.165, 1.54) is 10.6 Å². The van der Waals surface area contributed by atoms with Crippen molar-refractivity contribution >= 4 is 16.5 Å². The zero-order valence-corrected chi connectivity index (χ0v) is 13.7. The number of hydrogen-bond acceptors (Lipinski definition) is 6. The molecule has 0 saturated carbocycles. The smallest absolute Gasteiger partial charge is 0.185 e. The third kappa shape index (κ3) is 3.91. The Morgan fingerprint density at radius 2 is 1.95 bits per heavy atom. The minimum atomic E-state index is 0.615. The lowest BCUT2D eigenvalue weighted by atomic mass is 10.3. The fourth-order valence-electron chi connectivity index (χ4n) is 2.44. The van der Waals surface area contributed by atoms with E-state index in [0.717, 1.165) is 50.8 Å². The standard InChI is InChI=1S/C14H27N5S/c1-4-12-13(11-15)20-14(16-12)19-9-7-18(8-10-19)6-5-17(2)3/h4-11,15H2,1-3H3. The maximum absolute atomic E-state index is 5.80. The van der Waals surface area contributed by atoms with Gasteiger partial charge in [-0.3, -0.25) is 4.90 Å². The first-order valence-electron chi connectivity index (χ1n) is 7.44. The Hall–Kier alpha value is -0.690. The van der Waals surface area contributed by atoms with Crippen molar-refractivity contribution in [2.24, 2.45) is 5.73 Å². The molecule has 1 aromatic heterocycles. The molecule has 5 nitrogen and oxygen atoms in total. The van der Waals surface area contributed by atoms with Crippen molar-refractivity contribution < 1.29 is 0 Å². The highest BCUT2D eigenvalue weighted by Gasteiger charge is 2.20. The highest BCUT2D eigenvalue weighted by molar-refractivity contribution is 7.15. The summed E-state index contributed by atoms with van der Waals surface area (Å²) in [5.41, 5.74) is 6.98. The van der Waals surface area contributed by atoms with Crippen LogP contribution in [0.2, 0.25) is 0 Å². The Morgan fingerprint density at radius 3 is 2.45 bits per heavy atom. The van der Waals surface area contributed by atoms with Crippen molar-refractivity contribution in [3.8, 4) is 0 Å². The molecule has 2 rings (SSSR count). The molecule has 114 valence electrons. The molecule has 0 atom stereocenters. The second kappa shape index (κ2) is 7.36. The summed E-state index contributed by atoms with van der Waals surface area (Å²) in [6, 6.07) is 0. The van der Waals surface area contributed by atoms with Crippen LogP contribution in [0, 0.1) is 0 Å². The van der Waals surface area contributed by atoms with Crippen LogP contribution >= 0.6 is 11.3 Å². The van der Waals surface area contributed by atoms with Gasteiger partial charge in [-0.2, -0.15) is 0 Å². The molecule has 1 saturated heterocycles. The molecule has 0 bridgehead atoms. The fourth-order valence-corrected chi connectivity index (χ4v) is 3.52. The van der Waals surface area contributed by atoms with E-state index in [2.05, 4.69) is 35.7 Å². The first-order valence-corrected chi connectivity index (χ1v) is 8.26. The number of thiazole rings is 1. The molecule has 20 heavy (non-hydrogen) atoms. The Balaban J connectivity index is 1.88. The summed E-state index contributed by atoms with van der Waals surface area (Å²) < 4.78 is 0. The molecule has 0 aromatic carbocycles. The molecule has 0 radical (unpaired) electrons. The van der Waals surface area contributed by atoms with E-state index in [1.54, 1.807) is 11.3 Å². The molecule has 1 aromatic rings.